The standard InChI is InChI=1S/C19H19F3N4O2/c1-10(12-4-6-13(7-5-12)19(20,21)22)26-17-16(14(9-27)25-26)18(28)24-15(23-17)8-11-2-3-11/h4-7,10-11,27H,2-3,8-9H2,1H3,(H,23,24,28). The van der Waals surface area contributed by atoms with Crippen LogP contribution in [0.4, 0.5) is 13.2 Å². The van der Waals surface area contributed by atoms with Gasteiger partial charge in [0.05, 0.1) is 18.2 Å². The fraction of sp³-hybridized carbons (Fsp3) is 0.421. The summed E-state index contributed by atoms with van der Waals surface area (Å²) in [6.07, 6.45) is -1.54. The molecule has 1 atom stereocenters. The zero-order valence-corrected chi connectivity index (χ0v) is 15.1. The molecule has 2 heterocycles. The molecule has 2 aromatic heterocycles. The molecule has 0 bridgehead atoms. The zero-order chi connectivity index (χ0) is 20.1. The maximum atomic E-state index is 12.8. The second kappa shape index (κ2) is 6.73. The molecule has 1 aromatic carbocycles. The van der Waals surface area contributed by atoms with E-state index in [1.807, 2.05) is 0 Å². The van der Waals surface area contributed by atoms with Crippen molar-refractivity contribution in [1.29, 1.82) is 0 Å². The molecule has 2 N–H and O–H groups in total. The highest BCUT2D eigenvalue weighted by Gasteiger charge is 2.30. The predicted octanol–water partition coefficient (Wildman–Crippen LogP) is 3.19. The van der Waals surface area contributed by atoms with E-state index in [1.54, 1.807) is 6.92 Å². The summed E-state index contributed by atoms with van der Waals surface area (Å²) in [6.45, 7) is 1.33. The van der Waals surface area contributed by atoms with Gasteiger partial charge in [-0.05, 0) is 43.4 Å². The summed E-state index contributed by atoms with van der Waals surface area (Å²) in [5, 5.41) is 14.1. The number of rotatable bonds is 5. The molecule has 0 aliphatic heterocycles. The van der Waals surface area contributed by atoms with Crippen molar-refractivity contribution in [2.75, 3.05) is 0 Å². The number of aliphatic hydroxyl groups excluding tert-OH is 1. The first-order chi connectivity index (χ1) is 13.3. The Bertz CT molecular complexity index is 1070. The number of halogens is 3. The highest BCUT2D eigenvalue weighted by Crippen LogP contribution is 2.33. The molecule has 1 aliphatic rings. The van der Waals surface area contributed by atoms with Gasteiger partial charge in [0.1, 0.15) is 16.9 Å². The smallest absolute Gasteiger partial charge is 0.390 e. The molecule has 148 valence electrons. The maximum Gasteiger partial charge on any atom is 0.416 e. The van der Waals surface area contributed by atoms with Gasteiger partial charge in [-0.25, -0.2) is 9.67 Å². The van der Waals surface area contributed by atoms with E-state index < -0.39 is 24.4 Å². The van der Waals surface area contributed by atoms with Gasteiger partial charge in [-0.1, -0.05) is 12.1 Å². The number of aliphatic hydroxyl groups is 1. The van der Waals surface area contributed by atoms with E-state index in [1.165, 1.54) is 16.8 Å². The molecular weight excluding hydrogens is 373 g/mol. The average Bonchev–Trinajstić information content (AvgIpc) is 3.38. The second-order valence-electron chi connectivity index (χ2n) is 7.20. The Morgan fingerprint density at radius 3 is 2.54 bits per heavy atom. The number of nitrogens with one attached hydrogen (secondary N) is 1. The summed E-state index contributed by atoms with van der Waals surface area (Å²) in [5.74, 6) is 1.08. The number of alkyl halides is 3. The van der Waals surface area contributed by atoms with Crippen LogP contribution in [0.15, 0.2) is 29.1 Å². The van der Waals surface area contributed by atoms with Gasteiger partial charge in [-0.2, -0.15) is 18.3 Å². The van der Waals surface area contributed by atoms with Crippen LogP contribution in [0.1, 0.15) is 48.5 Å². The SMILES string of the molecule is CC(c1ccc(C(F)(F)F)cc1)n1nc(CO)c2c(=O)[nH]c(CC3CC3)nc21. The highest BCUT2D eigenvalue weighted by molar-refractivity contribution is 5.77. The van der Waals surface area contributed by atoms with Gasteiger partial charge in [0, 0.05) is 6.42 Å². The fourth-order valence-corrected chi connectivity index (χ4v) is 3.32. The molecule has 0 saturated heterocycles. The number of H-pyrrole nitrogens is 1. The second-order valence-corrected chi connectivity index (χ2v) is 7.20. The minimum absolute atomic E-state index is 0.195. The van der Waals surface area contributed by atoms with Crippen LogP contribution in [0.25, 0.3) is 11.0 Å². The minimum Gasteiger partial charge on any atom is -0.390 e. The van der Waals surface area contributed by atoms with Crippen molar-refractivity contribution in [2.45, 2.75) is 45.0 Å². The summed E-state index contributed by atoms with van der Waals surface area (Å²) in [5.41, 5.74) is 0.0192. The molecule has 0 amide bonds. The molecule has 1 aliphatic carbocycles. The van der Waals surface area contributed by atoms with Gasteiger partial charge >= 0.3 is 6.18 Å². The molecule has 1 saturated carbocycles. The van der Waals surface area contributed by atoms with Crippen LogP contribution in [0, 0.1) is 5.92 Å². The van der Waals surface area contributed by atoms with Crippen molar-refractivity contribution in [2.24, 2.45) is 5.92 Å². The molecule has 0 spiro atoms. The average molecular weight is 392 g/mol. The molecular formula is C19H19F3N4O2. The van der Waals surface area contributed by atoms with Crippen molar-refractivity contribution in [3.63, 3.8) is 0 Å². The van der Waals surface area contributed by atoms with Crippen LogP contribution >= 0.6 is 0 Å². The third-order valence-corrected chi connectivity index (χ3v) is 5.10. The Balaban J connectivity index is 1.78. The monoisotopic (exact) mass is 392 g/mol. The Morgan fingerprint density at radius 2 is 1.96 bits per heavy atom. The lowest BCUT2D eigenvalue weighted by Crippen LogP contribution is -2.15. The third kappa shape index (κ3) is 3.42. The van der Waals surface area contributed by atoms with E-state index in [9.17, 15) is 23.1 Å². The topological polar surface area (TPSA) is 83.8 Å². The first-order valence-corrected chi connectivity index (χ1v) is 9.06. The lowest BCUT2D eigenvalue weighted by atomic mass is 10.1. The van der Waals surface area contributed by atoms with Crippen molar-refractivity contribution in [3.8, 4) is 0 Å². The molecule has 1 unspecified atom stereocenters. The summed E-state index contributed by atoms with van der Waals surface area (Å²) in [7, 11) is 0. The molecule has 6 nitrogen and oxygen atoms in total. The quantitative estimate of drug-likeness (QED) is 0.699. The van der Waals surface area contributed by atoms with Crippen molar-refractivity contribution in [3.05, 3.63) is 57.3 Å². The Labute approximate surface area is 158 Å². The van der Waals surface area contributed by atoms with Crippen LogP contribution in [0.2, 0.25) is 0 Å². The van der Waals surface area contributed by atoms with Crippen LogP contribution in [-0.4, -0.2) is 24.9 Å². The lowest BCUT2D eigenvalue weighted by Gasteiger charge is -2.15. The van der Waals surface area contributed by atoms with Crippen LogP contribution in [-0.2, 0) is 19.2 Å². The van der Waals surface area contributed by atoms with Crippen molar-refractivity contribution < 1.29 is 18.3 Å². The number of benzene rings is 1. The number of aromatic amines is 1. The molecule has 3 aromatic rings. The van der Waals surface area contributed by atoms with Crippen LogP contribution in [0.5, 0.6) is 0 Å². The fourth-order valence-electron chi connectivity index (χ4n) is 3.32. The number of nitrogens with zero attached hydrogens (tertiary/aromatic N) is 3. The van der Waals surface area contributed by atoms with E-state index in [-0.39, 0.29) is 16.6 Å². The van der Waals surface area contributed by atoms with Gasteiger partial charge in [-0.15, -0.1) is 0 Å². The summed E-state index contributed by atoms with van der Waals surface area (Å²) < 4.78 is 39.9. The van der Waals surface area contributed by atoms with Crippen molar-refractivity contribution in [1.82, 2.24) is 19.7 Å². The van der Waals surface area contributed by atoms with Gasteiger partial charge < -0.3 is 10.1 Å². The van der Waals surface area contributed by atoms with Gasteiger partial charge in [0.2, 0.25) is 0 Å². The first-order valence-electron chi connectivity index (χ1n) is 9.06. The third-order valence-electron chi connectivity index (χ3n) is 5.10. The zero-order valence-electron chi connectivity index (χ0n) is 15.1. The van der Waals surface area contributed by atoms with E-state index in [4.69, 9.17) is 0 Å². The number of hydrogen-bond donors (Lipinski definition) is 2. The maximum absolute atomic E-state index is 12.8. The van der Waals surface area contributed by atoms with E-state index in [2.05, 4.69) is 15.1 Å². The number of hydrogen-bond acceptors (Lipinski definition) is 4. The number of fused-ring (bicyclic) bond motifs is 1. The highest BCUT2D eigenvalue weighted by atomic mass is 19.4. The van der Waals surface area contributed by atoms with Crippen LogP contribution in [0.3, 0.4) is 0 Å². The molecule has 28 heavy (non-hydrogen) atoms. The Hall–Kier alpha value is -2.68. The largest absolute Gasteiger partial charge is 0.416 e. The van der Waals surface area contributed by atoms with E-state index in [0.717, 1.165) is 25.0 Å². The molecule has 0 radical (unpaired) electrons. The number of aromatic nitrogens is 4. The Morgan fingerprint density at radius 1 is 1.29 bits per heavy atom. The normalized spacial score (nSPS) is 15.9. The van der Waals surface area contributed by atoms with Gasteiger partial charge in [-0.3, -0.25) is 4.79 Å². The predicted molar refractivity (Wildman–Crippen MR) is 95.8 cm³/mol. The Kier molecular flexibility index (Phi) is 4.49. The summed E-state index contributed by atoms with van der Waals surface area (Å²) in [4.78, 5) is 19.8. The van der Waals surface area contributed by atoms with Gasteiger partial charge in [0.25, 0.3) is 5.56 Å². The summed E-state index contributed by atoms with van der Waals surface area (Å²) >= 11 is 0. The molecule has 1 fully saturated rings. The van der Waals surface area contributed by atoms with E-state index >= 15 is 0 Å². The van der Waals surface area contributed by atoms with E-state index in [0.29, 0.717) is 29.4 Å². The molecule has 4 rings (SSSR count). The van der Waals surface area contributed by atoms with Crippen LogP contribution < -0.4 is 5.56 Å². The summed E-state index contributed by atoms with van der Waals surface area (Å²) in [6, 6.07) is 4.34. The lowest BCUT2D eigenvalue weighted by molar-refractivity contribution is -0.137. The van der Waals surface area contributed by atoms with Gasteiger partial charge in [0.15, 0.2) is 5.65 Å². The minimum atomic E-state index is -4.41. The van der Waals surface area contributed by atoms with Crippen molar-refractivity contribution >= 4 is 11.0 Å². The molecule has 9 heteroatoms. The first kappa shape index (κ1) is 18.7.